The van der Waals surface area contributed by atoms with E-state index in [9.17, 15) is 14.5 Å². The summed E-state index contributed by atoms with van der Waals surface area (Å²) in [4.78, 5) is 9.97. The molecule has 0 spiro atoms. The third-order valence-corrected chi connectivity index (χ3v) is 2.30. The molecule has 6 heteroatoms. The molecule has 1 saturated heterocycles. The SMILES string of the molecule is CC1(COc2c(F)cccc2[N+](=O)[O-])CO1. The largest absolute Gasteiger partial charge is 0.482 e. The summed E-state index contributed by atoms with van der Waals surface area (Å²) in [5.41, 5.74) is -0.805. The highest BCUT2D eigenvalue weighted by Crippen LogP contribution is 2.33. The second kappa shape index (κ2) is 3.71. The number of nitro benzene ring substituents is 1. The van der Waals surface area contributed by atoms with Crippen LogP contribution in [0.5, 0.6) is 5.75 Å². The Hall–Kier alpha value is -1.69. The van der Waals surface area contributed by atoms with Crippen molar-refractivity contribution in [3.63, 3.8) is 0 Å². The Bertz CT molecular complexity index is 431. The van der Waals surface area contributed by atoms with Gasteiger partial charge in [0.2, 0.25) is 5.75 Å². The lowest BCUT2D eigenvalue weighted by atomic mass is 10.2. The maximum absolute atomic E-state index is 13.3. The highest BCUT2D eigenvalue weighted by molar-refractivity contribution is 5.46. The Morgan fingerprint density at radius 2 is 2.38 bits per heavy atom. The van der Waals surface area contributed by atoms with Crippen LogP contribution in [0.1, 0.15) is 6.92 Å². The van der Waals surface area contributed by atoms with Crippen molar-refractivity contribution in [1.29, 1.82) is 0 Å². The monoisotopic (exact) mass is 227 g/mol. The minimum absolute atomic E-state index is 0.106. The lowest BCUT2D eigenvalue weighted by Gasteiger charge is -2.09. The fraction of sp³-hybridized carbons (Fsp3) is 0.400. The van der Waals surface area contributed by atoms with Gasteiger partial charge in [-0.25, -0.2) is 4.39 Å². The highest BCUT2D eigenvalue weighted by atomic mass is 19.1. The fourth-order valence-electron chi connectivity index (χ4n) is 1.22. The Morgan fingerprint density at radius 3 is 2.94 bits per heavy atom. The number of nitrogens with zero attached hydrogens (tertiary/aromatic N) is 1. The molecular formula is C10H10FNO4. The van der Waals surface area contributed by atoms with Crippen LogP contribution < -0.4 is 4.74 Å². The lowest BCUT2D eigenvalue weighted by Crippen LogP contribution is -2.18. The van der Waals surface area contributed by atoms with E-state index in [1.165, 1.54) is 12.1 Å². The highest BCUT2D eigenvalue weighted by Gasteiger charge is 2.41. The molecule has 5 nitrogen and oxygen atoms in total. The van der Waals surface area contributed by atoms with Gasteiger partial charge in [-0.2, -0.15) is 0 Å². The van der Waals surface area contributed by atoms with Gasteiger partial charge >= 0.3 is 5.69 Å². The standard InChI is InChI=1S/C10H10FNO4/c1-10(6-16-10)5-15-9-7(11)3-2-4-8(9)12(13)14/h2-4H,5-6H2,1H3. The summed E-state index contributed by atoms with van der Waals surface area (Å²) < 4.78 is 23.5. The molecule has 1 aromatic carbocycles. The van der Waals surface area contributed by atoms with Crippen LogP contribution in [0.25, 0.3) is 0 Å². The van der Waals surface area contributed by atoms with Crippen LogP contribution in [-0.4, -0.2) is 23.7 Å². The quantitative estimate of drug-likeness (QED) is 0.447. The summed E-state index contributed by atoms with van der Waals surface area (Å²) in [6.45, 7) is 2.42. The third kappa shape index (κ3) is 2.11. The van der Waals surface area contributed by atoms with Crippen LogP contribution in [0.15, 0.2) is 18.2 Å². The number of epoxide rings is 1. The second-order valence-corrected chi connectivity index (χ2v) is 3.87. The van der Waals surface area contributed by atoms with Crippen molar-refractivity contribution in [3.05, 3.63) is 34.1 Å². The molecule has 0 saturated carbocycles. The van der Waals surface area contributed by atoms with Crippen molar-refractivity contribution in [1.82, 2.24) is 0 Å². The van der Waals surface area contributed by atoms with Crippen molar-refractivity contribution < 1.29 is 18.8 Å². The smallest absolute Gasteiger partial charge is 0.314 e. The zero-order chi connectivity index (χ0) is 11.8. The van der Waals surface area contributed by atoms with Gasteiger partial charge in [0.15, 0.2) is 5.82 Å². The molecule has 0 amide bonds. The average Bonchev–Trinajstić information content (AvgIpc) is 2.95. The van der Waals surface area contributed by atoms with E-state index in [1.54, 1.807) is 6.92 Å². The van der Waals surface area contributed by atoms with Gasteiger partial charge in [0.25, 0.3) is 0 Å². The van der Waals surface area contributed by atoms with Crippen molar-refractivity contribution >= 4 is 5.69 Å². The van der Waals surface area contributed by atoms with Gasteiger partial charge in [0.05, 0.1) is 11.5 Å². The van der Waals surface area contributed by atoms with E-state index in [2.05, 4.69) is 0 Å². The molecule has 1 aromatic rings. The molecule has 0 radical (unpaired) electrons. The topological polar surface area (TPSA) is 64.9 Å². The molecule has 1 heterocycles. The summed E-state index contributed by atoms with van der Waals surface area (Å²) >= 11 is 0. The van der Waals surface area contributed by atoms with Crippen LogP contribution in [-0.2, 0) is 4.74 Å². The minimum atomic E-state index is -0.738. The van der Waals surface area contributed by atoms with Crippen LogP contribution in [0.3, 0.4) is 0 Å². The number of rotatable bonds is 4. The molecule has 16 heavy (non-hydrogen) atoms. The molecule has 0 aliphatic carbocycles. The predicted octanol–water partition coefficient (Wildman–Crippen LogP) is 1.90. The maximum Gasteiger partial charge on any atom is 0.314 e. The van der Waals surface area contributed by atoms with Crippen LogP contribution in [0.4, 0.5) is 10.1 Å². The zero-order valence-electron chi connectivity index (χ0n) is 8.60. The first-order valence-corrected chi connectivity index (χ1v) is 4.71. The Balaban J connectivity index is 2.20. The van der Waals surface area contributed by atoms with Gasteiger partial charge in [-0.3, -0.25) is 10.1 Å². The van der Waals surface area contributed by atoms with E-state index in [1.807, 2.05) is 0 Å². The first-order chi connectivity index (χ1) is 7.52. The molecule has 0 aromatic heterocycles. The summed E-state index contributed by atoms with van der Waals surface area (Å²) in [6.07, 6.45) is 0. The molecule has 1 unspecified atom stereocenters. The molecule has 1 aliphatic heterocycles. The first-order valence-electron chi connectivity index (χ1n) is 4.71. The van der Waals surface area contributed by atoms with E-state index < -0.39 is 16.3 Å². The molecule has 2 rings (SSSR count). The molecule has 1 aliphatic rings. The predicted molar refractivity (Wildman–Crippen MR) is 52.9 cm³/mol. The summed E-state index contributed by atoms with van der Waals surface area (Å²) in [5, 5.41) is 10.6. The number of benzene rings is 1. The van der Waals surface area contributed by atoms with E-state index >= 15 is 0 Å². The molecule has 86 valence electrons. The normalized spacial score (nSPS) is 22.9. The fourth-order valence-corrected chi connectivity index (χ4v) is 1.22. The number of ether oxygens (including phenoxy) is 2. The van der Waals surface area contributed by atoms with Crippen LogP contribution in [0, 0.1) is 15.9 Å². The van der Waals surface area contributed by atoms with E-state index in [-0.39, 0.29) is 18.0 Å². The number of para-hydroxylation sites is 1. The second-order valence-electron chi connectivity index (χ2n) is 3.87. The van der Waals surface area contributed by atoms with Gasteiger partial charge in [-0.1, -0.05) is 6.07 Å². The third-order valence-electron chi connectivity index (χ3n) is 2.30. The van der Waals surface area contributed by atoms with Gasteiger partial charge < -0.3 is 9.47 Å². The number of hydrogen-bond acceptors (Lipinski definition) is 4. The number of nitro groups is 1. The molecule has 0 N–H and O–H groups in total. The van der Waals surface area contributed by atoms with Crippen LogP contribution in [0.2, 0.25) is 0 Å². The Kier molecular flexibility index (Phi) is 2.51. The van der Waals surface area contributed by atoms with Crippen molar-refractivity contribution in [2.24, 2.45) is 0 Å². The van der Waals surface area contributed by atoms with Gasteiger partial charge in [-0.05, 0) is 13.0 Å². The summed E-state index contributed by atoms with van der Waals surface area (Å²) in [5.74, 6) is -1.07. The Morgan fingerprint density at radius 1 is 1.69 bits per heavy atom. The molecule has 0 bridgehead atoms. The zero-order valence-corrected chi connectivity index (χ0v) is 8.60. The van der Waals surface area contributed by atoms with Crippen molar-refractivity contribution in [2.75, 3.05) is 13.2 Å². The summed E-state index contributed by atoms with van der Waals surface area (Å²) in [6, 6.07) is 3.60. The van der Waals surface area contributed by atoms with Gasteiger partial charge in [-0.15, -0.1) is 0 Å². The summed E-state index contributed by atoms with van der Waals surface area (Å²) in [7, 11) is 0. The maximum atomic E-state index is 13.3. The van der Waals surface area contributed by atoms with E-state index in [0.717, 1.165) is 6.07 Å². The van der Waals surface area contributed by atoms with Gasteiger partial charge in [0.1, 0.15) is 12.2 Å². The Labute approximate surface area is 90.9 Å². The van der Waals surface area contributed by atoms with Crippen LogP contribution >= 0.6 is 0 Å². The van der Waals surface area contributed by atoms with Gasteiger partial charge in [0, 0.05) is 6.07 Å². The minimum Gasteiger partial charge on any atom is -0.482 e. The van der Waals surface area contributed by atoms with E-state index in [4.69, 9.17) is 9.47 Å². The molecule has 1 fully saturated rings. The first kappa shape index (κ1) is 10.8. The van der Waals surface area contributed by atoms with E-state index in [0.29, 0.717) is 6.61 Å². The number of hydrogen-bond donors (Lipinski definition) is 0. The molecule has 1 atom stereocenters. The van der Waals surface area contributed by atoms with Crippen molar-refractivity contribution in [3.8, 4) is 5.75 Å². The number of halogens is 1. The lowest BCUT2D eigenvalue weighted by molar-refractivity contribution is -0.386. The van der Waals surface area contributed by atoms with Crippen molar-refractivity contribution in [2.45, 2.75) is 12.5 Å². The average molecular weight is 227 g/mol. The molecular weight excluding hydrogens is 217 g/mol.